The van der Waals surface area contributed by atoms with Crippen molar-refractivity contribution >= 4 is 56.8 Å². The monoisotopic (exact) mass is 835 g/mol. The van der Waals surface area contributed by atoms with E-state index in [2.05, 4.69) is 240 Å². The number of para-hydroxylation sites is 3. The van der Waals surface area contributed by atoms with Gasteiger partial charge >= 0.3 is 6.98 Å². The van der Waals surface area contributed by atoms with E-state index in [4.69, 9.17) is 9.72 Å². The van der Waals surface area contributed by atoms with Gasteiger partial charge in [-0.1, -0.05) is 160 Å². The fraction of sp³-hybridized carbons (Fsp3) is 0.0690. The summed E-state index contributed by atoms with van der Waals surface area (Å²) in [7, 11) is 0. The zero-order valence-corrected chi connectivity index (χ0v) is 36.3. The van der Waals surface area contributed by atoms with Gasteiger partial charge in [-0.2, -0.15) is 0 Å². The number of fused-ring (bicyclic) bond motifs is 19. The first-order valence-corrected chi connectivity index (χ1v) is 22.3. The maximum Gasteiger partial charge on any atom is 0.525 e. The molecule has 2 aliphatic heterocycles. The molecule has 308 valence electrons. The van der Waals surface area contributed by atoms with Gasteiger partial charge in [0.1, 0.15) is 23.1 Å². The highest BCUT2D eigenvalue weighted by molar-refractivity contribution is 6.72. The summed E-state index contributed by atoms with van der Waals surface area (Å²) in [5, 5.41) is 2.29. The summed E-state index contributed by atoms with van der Waals surface area (Å²) in [4.78, 5) is 8.28. The maximum absolute atomic E-state index is 6.83. The number of pyridine rings is 1. The highest BCUT2D eigenvalue weighted by Crippen LogP contribution is 2.43. The van der Waals surface area contributed by atoms with Crippen molar-refractivity contribution in [3.63, 3.8) is 0 Å². The molecule has 11 aromatic rings. The SMILES string of the molecule is CC(C)(C)c1cc2nc(c1)-n1c3ccccc3c3ccc(cc31)Oc1cccc(c1)-n1[c-][n+]3c4c(cccc41)-c1ccccc1-c1ccccc1-c1ccccc1B3N2c1ccccc1. The van der Waals surface area contributed by atoms with Crippen molar-refractivity contribution in [1.82, 2.24) is 14.1 Å². The predicted molar refractivity (Wildman–Crippen MR) is 265 cm³/mol. The minimum Gasteiger partial charge on any atom is -0.458 e. The van der Waals surface area contributed by atoms with E-state index in [1.807, 2.05) is 6.07 Å². The van der Waals surface area contributed by atoms with Gasteiger partial charge in [-0.3, -0.25) is 4.57 Å². The summed E-state index contributed by atoms with van der Waals surface area (Å²) < 4.78 is 13.7. The number of ether oxygens (including phenoxy) is 1. The van der Waals surface area contributed by atoms with E-state index in [0.29, 0.717) is 0 Å². The topological polar surface area (TPSA) is 39.1 Å². The second kappa shape index (κ2) is 14.2. The Hall–Kier alpha value is -8.16. The van der Waals surface area contributed by atoms with Crippen LogP contribution in [0.4, 0.5) is 11.5 Å². The fourth-order valence-electron chi connectivity index (χ4n) is 10.3. The van der Waals surface area contributed by atoms with E-state index >= 15 is 0 Å². The lowest BCUT2D eigenvalue weighted by Gasteiger charge is -2.33. The maximum atomic E-state index is 6.83. The lowest BCUT2D eigenvalue weighted by atomic mass is 9.61. The molecule has 3 aromatic heterocycles. The van der Waals surface area contributed by atoms with Gasteiger partial charge in [-0.25, -0.2) is 4.98 Å². The van der Waals surface area contributed by atoms with Crippen molar-refractivity contribution in [3.05, 3.63) is 212 Å². The Balaban J connectivity index is 1.25. The quantitative estimate of drug-likeness (QED) is 0.122. The van der Waals surface area contributed by atoms with Crippen molar-refractivity contribution in [2.75, 3.05) is 4.81 Å². The molecule has 0 fully saturated rings. The molecule has 0 spiro atoms. The van der Waals surface area contributed by atoms with Crippen molar-refractivity contribution in [2.24, 2.45) is 0 Å². The summed E-state index contributed by atoms with van der Waals surface area (Å²) in [5.41, 5.74) is 15.1. The van der Waals surface area contributed by atoms with E-state index < -0.39 is 6.98 Å². The molecule has 2 aliphatic rings. The van der Waals surface area contributed by atoms with Gasteiger partial charge in [0.05, 0.1) is 27.8 Å². The summed E-state index contributed by atoms with van der Waals surface area (Å²) >= 11 is 0. The molecule has 0 radical (unpaired) electrons. The average molecular weight is 836 g/mol. The molecule has 0 saturated heterocycles. The van der Waals surface area contributed by atoms with Crippen LogP contribution in [0.2, 0.25) is 0 Å². The normalized spacial score (nSPS) is 12.9. The largest absolute Gasteiger partial charge is 0.525 e. The van der Waals surface area contributed by atoms with E-state index in [1.165, 1.54) is 11.1 Å². The Kier molecular flexibility index (Phi) is 8.16. The zero-order chi connectivity index (χ0) is 43.4. The Morgan fingerprint density at radius 2 is 1.08 bits per heavy atom. The fourth-order valence-corrected chi connectivity index (χ4v) is 10.3. The first-order valence-electron chi connectivity index (χ1n) is 22.3. The van der Waals surface area contributed by atoms with Gasteiger partial charge in [0, 0.05) is 28.0 Å². The van der Waals surface area contributed by atoms with E-state index in [1.54, 1.807) is 0 Å². The smallest absolute Gasteiger partial charge is 0.458 e. The molecular formula is C58H42BN5O. The Morgan fingerprint density at radius 3 is 1.86 bits per heavy atom. The van der Waals surface area contributed by atoms with Crippen LogP contribution in [0.15, 0.2) is 200 Å². The molecule has 0 aliphatic carbocycles. The molecule has 0 saturated carbocycles. The standard InChI is InChI=1S/C58H42BN5O/c1-58(2,3)38-33-55-60-56(34-38)64(39-17-5-4-6-18-39)59-51-28-13-11-25-47(51)45-23-9-7-21-43(45)44-22-8-10-24-46(44)50-27-16-30-53-57(50)62(59)37-61(53)40-19-15-20-41(35-40)65-42-31-32-49-48-26-12-14-29-52(48)63(55)54(49)36-42/h4-36H,1-3H3. The molecule has 6 nitrogen and oxygen atoms in total. The minimum atomic E-state index is -0.496. The van der Waals surface area contributed by atoms with Crippen molar-refractivity contribution in [1.29, 1.82) is 0 Å². The number of hydrogen-bond donors (Lipinski definition) is 0. The second-order valence-electron chi connectivity index (χ2n) is 18.2. The molecule has 5 heterocycles. The van der Waals surface area contributed by atoms with Gasteiger partial charge in [-0.15, -0.1) is 0 Å². The van der Waals surface area contributed by atoms with E-state index in [9.17, 15) is 0 Å². The first-order chi connectivity index (χ1) is 31.9. The molecule has 0 atom stereocenters. The number of rotatable bonds is 1. The van der Waals surface area contributed by atoms with Gasteiger partial charge in [0.25, 0.3) is 0 Å². The summed E-state index contributed by atoms with van der Waals surface area (Å²) in [5.74, 6) is 3.12. The van der Waals surface area contributed by atoms with Gasteiger partial charge in [0.15, 0.2) is 0 Å². The molecule has 7 heteroatoms. The van der Waals surface area contributed by atoms with Crippen LogP contribution < -0.4 is 19.5 Å². The average Bonchev–Trinajstić information content (AvgIpc) is 3.89. The lowest BCUT2D eigenvalue weighted by Crippen LogP contribution is -2.68. The first kappa shape index (κ1) is 37.4. The predicted octanol–water partition coefficient (Wildman–Crippen LogP) is 13.0. The summed E-state index contributed by atoms with van der Waals surface area (Å²) in [6.45, 7) is 6.37. The second-order valence-corrected chi connectivity index (χ2v) is 18.2. The molecule has 8 aromatic carbocycles. The molecule has 0 unspecified atom stereocenters. The Labute approximate surface area is 378 Å². The van der Waals surface area contributed by atoms with Crippen molar-refractivity contribution < 1.29 is 9.21 Å². The van der Waals surface area contributed by atoms with Crippen LogP contribution in [0.5, 0.6) is 11.5 Å². The van der Waals surface area contributed by atoms with Crippen molar-refractivity contribution in [3.8, 4) is 56.4 Å². The Bertz CT molecular complexity index is 3710. The number of benzene rings is 8. The molecule has 8 bridgehead atoms. The van der Waals surface area contributed by atoms with Gasteiger partial charge in [-0.05, 0) is 99.0 Å². The number of aromatic nitrogens is 4. The molecule has 0 N–H and O–H groups in total. The van der Waals surface area contributed by atoms with E-state index in [0.717, 1.165) is 101 Å². The van der Waals surface area contributed by atoms with Crippen LogP contribution in [0, 0.1) is 6.33 Å². The van der Waals surface area contributed by atoms with Gasteiger partial charge in [0.2, 0.25) is 6.33 Å². The molecule has 13 rings (SSSR count). The lowest BCUT2D eigenvalue weighted by molar-refractivity contribution is -0.511. The van der Waals surface area contributed by atoms with Crippen LogP contribution in [-0.2, 0) is 5.41 Å². The van der Waals surface area contributed by atoms with Crippen LogP contribution in [-0.4, -0.2) is 21.1 Å². The van der Waals surface area contributed by atoms with Gasteiger partial charge < -0.3 is 18.6 Å². The summed E-state index contributed by atoms with van der Waals surface area (Å²) in [6.07, 6.45) is 4.03. The number of hydrogen-bond acceptors (Lipinski definition) is 3. The third kappa shape index (κ3) is 5.82. The van der Waals surface area contributed by atoms with E-state index in [-0.39, 0.29) is 5.41 Å². The third-order valence-corrected chi connectivity index (χ3v) is 13.3. The number of imidazole rings is 1. The van der Waals surface area contributed by atoms with Crippen LogP contribution in [0.1, 0.15) is 26.3 Å². The molecule has 65 heavy (non-hydrogen) atoms. The van der Waals surface area contributed by atoms with Crippen LogP contribution >= 0.6 is 0 Å². The molecule has 0 amide bonds. The summed E-state index contributed by atoms with van der Waals surface area (Å²) in [6, 6.07) is 72.0. The van der Waals surface area contributed by atoms with Crippen LogP contribution in [0.3, 0.4) is 0 Å². The highest BCUT2D eigenvalue weighted by atomic mass is 16.5. The number of anilines is 2. The molecular weight excluding hydrogens is 793 g/mol. The van der Waals surface area contributed by atoms with Crippen LogP contribution in [0.25, 0.3) is 77.7 Å². The highest BCUT2D eigenvalue weighted by Gasteiger charge is 2.41. The minimum absolute atomic E-state index is 0.231. The number of nitrogens with zero attached hydrogens (tertiary/aromatic N) is 5. The van der Waals surface area contributed by atoms with Crippen molar-refractivity contribution in [2.45, 2.75) is 26.2 Å². The Morgan fingerprint density at radius 1 is 0.492 bits per heavy atom. The zero-order valence-electron chi connectivity index (χ0n) is 36.3. The third-order valence-electron chi connectivity index (χ3n) is 13.3.